The van der Waals surface area contributed by atoms with Crippen molar-refractivity contribution in [1.29, 1.82) is 0 Å². The lowest BCUT2D eigenvalue weighted by Gasteiger charge is -2.24. The normalized spacial score (nSPS) is 11.8. The Morgan fingerprint density at radius 1 is 1.17 bits per heavy atom. The Morgan fingerprint density at radius 3 is 2.47 bits per heavy atom. The van der Waals surface area contributed by atoms with Crippen molar-refractivity contribution in [3.63, 3.8) is 0 Å². The van der Waals surface area contributed by atoms with E-state index in [1.165, 1.54) is 31.4 Å². The molecule has 10 nitrogen and oxygen atoms in total. The van der Waals surface area contributed by atoms with E-state index in [4.69, 9.17) is 25.8 Å². The van der Waals surface area contributed by atoms with Gasteiger partial charge in [-0.1, -0.05) is 31.5 Å². The van der Waals surface area contributed by atoms with Crippen molar-refractivity contribution in [1.82, 2.24) is 4.98 Å². The lowest BCUT2D eigenvalue weighted by atomic mass is 10.1. The van der Waals surface area contributed by atoms with Crippen molar-refractivity contribution >= 4 is 40.3 Å². The minimum absolute atomic E-state index is 0.0532. The first kappa shape index (κ1) is 27.2. The number of benzene rings is 2. The second kappa shape index (κ2) is 12.0. The van der Waals surface area contributed by atoms with Gasteiger partial charge in [-0.05, 0) is 41.8 Å². The molecule has 1 unspecified atom stereocenters. The smallest absolute Gasteiger partial charge is 0.335 e. The van der Waals surface area contributed by atoms with E-state index in [-0.39, 0.29) is 58.5 Å². The van der Waals surface area contributed by atoms with E-state index in [9.17, 15) is 23.8 Å². The van der Waals surface area contributed by atoms with Gasteiger partial charge in [0.05, 0.1) is 24.3 Å². The number of nitrogens with zero attached hydrogens (tertiary/aromatic N) is 2. The van der Waals surface area contributed by atoms with E-state index in [1.807, 2.05) is 13.8 Å². The zero-order chi connectivity index (χ0) is 26.4. The van der Waals surface area contributed by atoms with Gasteiger partial charge in [-0.15, -0.1) is 0 Å². The number of hydrogen-bond donors (Lipinski definition) is 3. The van der Waals surface area contributed by atoms with Crippen molar-refractivity contribution < 1.29 is 38.0 Å². The van der Waals surface area contributed by atoms with Crippen molar-refractivity contribution in [2.24, 2.45) is 0 Å². The average Bonchev–Trinajstić information content (AvgIpc) is 2.85. The maximum Gasteiger partial charge on any atom is 0.335 e. The Kier molecular flexibility index (Phi) is 9.10. The molecule has 0 bridgehead atoms. The summed E-state index contributed by atoms with van der Waals surface area (Å²) >= 11 is 3.61. The van der Waals surface area contributed by atoms with E-state index in [2.05, 4.69) is 4.98 Å². The molecule has 0 aliphatic rings. The molecule has 0 saturated carbocycles. The van der Waals surface area contributed by atoms with E-state index < -0.39 is 17.2 Å². The summed E-state index contributed by atoms with van der Waals surface area (Å²) in [4.78, 5) is 16.2. The molecule has 0 fully saturated rings. The van der Waals surface area contributed by atoms with Crippen molar-refractivity contribution in [2.75, 3.05) is 24.6 Å². The molecule has 12 heteroatoms. The Hall–Kier alpha value is -3.38. The number of halogens is 1. The molecule has 192 valence electrons. The summed E-state index contributed by atoms with van der Waals surface area (Å²) in [6.07, 6.45) is 1.56. The first-order valence-corrected chi connectivity index (χ1v) is 12.1. The molecule has 0 aliphatic heterocycles. The van der Waals surface area contributed by atoms with Crippen LogP contribution >= 0.6 is 11.6 Å². The summed E-state index contributed by atoms with van der Waals surface area (Å²) in [6.45, 7) is 3.38. The number of anilines is 2. The molecular weight excluding hydrogens is 512 g/mol. The monoisotopic (exact) mass is 536 g/mol. The zero-order valence-corrected chi connectivity index (χ0v) is 21.2. The molecule has 36 heavy (non-hydrogen) atoms. The first-order chi connectivity index (χ1) is 17.2. The van der Waals surface area contributed by atoms with Crippen LogP contribution in [0.15, 0.2) is 48.7 Å². The molecule has 0 radical (unpaired) electrons. The Balaban J connectivity index is 2.27. The van der Waals surface area contributed by atoms with Crippen LogP contribution in [0.1, 0.15) is 35.7 Å². The molecular formula is C24H25ClN2O8S. The minimum Gasteiger partial charge on any atom is -0.497 e. The number of rotatable bonds is 11. The Labute approximate surface area is 215 Å². The number of carboxylic acids is 1. The zero-order valence-electron chi connectivity index (χ0n) is 19.7. The highest BCUT2D eigenvalue weighted by atomic mass is 35.5. The highest BCUT2D eigenvalue weighted by Crippen LogP contribution is 2.46. The number of methoxy groups -OCH3 is 1. The highest BCUT2D eigenvalue weighted by Gasteiger charge is 2.27. The second-order valence-corrected chi connectivity index (χ2v) is 8.96. The van der Waals surface area contributed by atoms with Crippen LogP contribution < -0.4 is 18.5 Å². The van der Waals surface area contributed by atoms with Gasteiger partial charge >= 0.3 is 5.97 Å². The van der Waals surface area contributed by atoms with Crippen LogP contribution in [0.25, 0.3) is 0 Å². The van der Waals surface area contributed by atoms with E-state index >= 15 is 0 Å². The van der Waals surface area contributed by atoms with E-state index in [0.717, 1.165) is 15.9 Å². The van der Waals surface area contributed by atoms with Crippen molar-refractivity contribution in [2.45, 2.75) is 19.8 Å². The summed E-state index contributed by atoms with van der Waals surface area (Å²) in [5.74, 6) is -0.791. The quantitative estimate of drug-likeness (QED) is 0.289. The second-order valence-electron chi connectivity index (χ2n) is 7.73. The van der Waals surface area contributed by atoms with Gasteiger partial charge in [0.1, 0.15) is 29.6 Å². The topological polar surface area (TPSA) is 139 Å². The van der Waals surface area contributed by atoms with Gasteiger partial charge in [-0.3, -0.25) is 4.55 Å². The third-order valence-electron chi connectivity index (χ3n) is 5.00. The minimum atomic E-state index is -2.70. The fourth-order valence-electron chi connectivity index (χ4n) is 3.17. The summed E-state index contributed by atoms with van der Waals surface area (Å²) in [6, 6.07) is 10.3. The molecule has 0 amide bonds. The SMILES string of the molecule is COc1ccc(Cl)c(Oc2c(OCCO)cc(C(=O)O)cc2N(c2ccc(C(C)C)cn2)S(=O)O)c1. The lowest BCUT2D eigenvalue weighted by molar-refractivity contribution is 0.0696. The highest BCUT2D eigenvalue weighted by molar-refractivity contribution is 7.81. The predicted octanol–water partition coefficient (Wildman–Crippen LogP) is 5.00. The largest absolute Gasteiger partial charge is 0.497 e. The summed E-state index contributed by atoms with van der Waals surface area (Å²) in [5, 5.41) is 19.2. The molecule has 3 aromatic rings. The molecule has 3 N–H and O–H groups in total. The van der Waals surface area contributed by atoms with Gasteiger partial charge < -0.3 is 24.4 Å². The number of pyridine rings is 1. The predicted molar refractivity (Wildman–Crippen MR) is 135 cm³/mol. The van der Waals surface area contributed by atoms with Gasteiger partial charge in [0.2, 0.25) is 0 Å². The summed E-state index contributed by atoms with van der Waals surface area (Å²) < 4.78 is 40.5. The van der Waals surface area contributed by atoms with E-state index in [0.29, 0.717) is 5.75 Å². The number of aromatic carboxylic acids is 1. The number of aliphatic hydroxyl groups excluding tert-OH is 1. The average molecular weight is 537 g/mol. The Morgan fingerprint density at radius 2 is 1.92 bits per heavy atom. The Bertz CT molecular complexity index is 1250. The van der Waals surface area contributed by atoms with Crippen LogP contribution in [0, 0.1) is 0 Å². The third kappa shape index (κ3) is 6.24. The molecule has 1 aromatic heterocycles. The molecule has 1 heterocycles. The van der Waals surface area contributed by atoms with Crippen LogP contribution in [0.5, 0.6) is 23.0 Å². The molecule has 0 aliphatic carbocycles. The standard InChI is InChI=1S/C24H25ClN2O8S/c1-14(2)15-4-7-22(26-13-15)27(36(31)32)19-10-16(24(29)30)11-21(34-9-8-28)23(19)35-20-12-17(33-3)5-6-18(20)25/h4-7,10-14,28H,8-9H2,1-3H3,(H,29,30)(H,31,32). The van der Waals surface area contributed by atoms with Crippen molar-refractivity contribution in [3.8, 4) is 23.0 Å². The van der Waals surface area contributed by atoms with Gasteiger partial charge in [0.25, 0.3) is 11.3 Å². The molecule has 0 spiro atoms. The number of ether oxygens (including phenoxy) is 3. The maximum absolute atomic E-state index is 12.6. The molecule has 1 atom stereocenters. The van der Waals surface area contributed by atoms with Gasteiger partial charge in [-0.2, -0.15) is 0 Å². The first-order valence-electron chi connectivity index (χ1n) is 10.7. The van der Waals surface area contributed by atoms with Crippen LogP contribution in [-0.4, -0.2) is 50.3 Å². The van der Waals surface area contributed by atoms with Crippen LogP contribution in [0.4, 0.5) is 11.5 Å². The number of carboxylic acid groups (broad SMARTS) is 1. The molecule has 0 saturated heterocycles. The summed E-state index contributed by atoms with van der Waals surface area (Å²) in [5.41, 5.74) is 0.511. The maximum atomic E-state index is 12.6. The number of aromatic nitrogens is 1. The number of carbonyl (C=O) groups is 1. The lowest BCUT2D eigenvalue weighted by Crippen LogP contribution is -2.22. The van der Waals surface area contributed by atoms with Crippen LogP contribution in [0.3, 0.4) is 0 Å². The fourth-order valence-corrected chi connectivity index (χ4v) is 3.90. The van der Waals surface area contributed by atoms with E-state index in [1.54, 1.807) is 18.3 Å². The van der Waals surface area contributed by atoms with Crippen LogP contribution in [0.2, 0.25) is 5.02 Å². The number of hydrogen-bond acceptors (Lipinski definition) is 7. The van der Waals surface area contributed by atoms with Gasteiger partial charge in [0, 0.05) is 12.3 Å². The van der Waals surface area contributed by atoms with Crippen molar-refractivity contribution in [3.05, 3.63) is 64.8 Å². The van der Waals surface area contributed by atoms with Gasteiger partial charge in [-0.25, -0.2) is 18.3 Å². The summed E-state index contributed by atoms with van der Waals surface area (Å²) in [7, 11) is 1.46. The molecule has 2 aromatic carbocycles. The molecule has 3 rings (SSSR count). The van der Waals surface area contributed by atoms with Gasteiger partial charge in [0.15, 0.2) is 11.5 Å². The third-order valence-corrected chi connectivity index (χ3v) is 6.01. The fraction of sp³-hybridized carbons (Fsp3) is 0.250. The van der Waals surface area contributed by atoms with Crippen LogP contribution in [-0.2, 0) is 11.3 Å². The number of aliphatic hydroxyl groups is 1.